The van der Waals surface area contributed by atoms with Gasteiger partial charge in [0.25, 0.3) is 6.71 Å². The van der Waals surface area contributed by atoms with Crippen molar-refractivity contribution in [2.45, 2.75) is 84.5 Å². The van der Waals surface area contributed by atoms with Gasteiger partial charge in [-0.3, -0.25) is 0 Å². The molecule has 358 valence electrons. The molecular weight excluding hydrogens is 882 g/mol. The molecule has 0 bridgehead atoms. The van der Waals surface area contributed by atoms with E-state index in [0.717, 1.165) is 28.4 Å². The van der Waals surface area contributed by atoms with Gasteiger partial charge in [0.05, 0.1) is 0 Å². The van der Waals surface area contributed by atoms with Crippen LogP contribution in [0.25, 0.3) is 16.6 Å². The summed E-state index contributed by atoms with van der Waals surface area (Å²) in [7, 11) is 0. The van der Waals surface area contributed by atoms with E-state index >= 15 is 0 Å². The second-order valence-corrected chi connectivity index (χ2v) is 23.4. The highest BCUT2D eigenvalue weighted by atomic mass is 15.2. The van der Waals surface area contributed by atoms with Crippen molar-refractivity contribution in [2.75, 3.05) is 14.7 Å². The molecule has 0 spiro atoms. The van der Waals surface area contributed by atoms with E-state index in [1.807, 2.05) is 0 Å². The maximum absolute atomic E-state index is 2.63. The van der Waals surface area contributed by atoms with Gasteiger partial charge in [-0.15, -0.1) is 0 Å². The zero-order valence-electron chi connectivity index (χ0n) is 43.8. The van der Waals surface area contributed by atoms with Gasteiger partial charge in [0.15, 0.2) is 0 Å². The number of allylic oxidation sites excluding steroid dienone is 1. The average Bonchev–Trinajstić information content (AvgIpc) is 3.75. The minimum Gasteiger partial charge on any atom is -0.314 e. The lowest BCUT2D eigenvalue weighted by Crippen LogP contribution is -2.55. The van der Waals surface area contributed by atoms with Crippen molar-refractivity contribution >= 4 is 68.6 Å². The molecule has 0 fully saturated rings. The lowest BCUT2D eigenvalue weighted by Gasteiger charge is -2.45. The summed E-state index contributed by atoms with van der Waals surface area (Å²) in [5, 5.41) is 0. The predicted molar refractivity (Wildman–Crippen MR) is 313 cm³/mol. The van der Waals surface area contributed by atoms with Crippen LogP contribution in [0.2, 0.25) is 0 Å². The Hall–Kier alpha value is -7.82. The van der Waals surface area contributed by atoms with E-state index in [-0.39, 0.29) is 28.9 Å². The van der Waals surface area contributed by atoms with Gasteiger partial charge < -0.3 is 14.7 Å². The van der Waals surface area contributed by atoms with Crippen LogP contribution >= 0.6 is 0 Å². The smallest absolute Gasteiger partial charge is 0.252 e. The van der Waals surface area contributed by atoms with E-state index in [2.05, 4.69) is 295 Å². The summed E-state index contributed by atoms with van der Waals surface area (Å²) >= 11 is 0. The van der Waals surface area contributed by atoms with Crippen LogP contribution in [0.5, 0.6) is 0 Å². The summed E-state index contributed by atoms with van der Waals surface area (Å²) in [4.78, 5) is 7.61. The number of benzene rings is 9. The summed E-state index contributed by atoms with van der Waals surface area (Å²) in [6, 6.07) is 82.6. The molecule has 12 rings (SSSR count). The van der Waals surface area contributed by atoms with Crippen LogP contribution in [-0.4, -0.2) is 6.71 Å². The van der Waals surface area contributed by atoms with Gasteiger partial charge in [-0.05, 0) is 150 Å². The molecular formula is C69H64BN3. The molecule has 9 aromatic rings. The molecule has 73 heavy (non-hydrogen) atoms. The average molecular weight is 946 g/mol. The molecule has 9 aromatic carbocycles. The van der Waals surface area contributed by atoms with Crippen LogP contribution < -0.4 is 25.6 Å². The number of fused-ring (bicyclic) bond motifs is 5. The molecule has 0 saturated heterocycles. The number of hydrogen-bond donors (Lipinski definition) is 0. The summed E-state index contributed by atoms with van der Waals surface area (Å²) in [6.07, 6.45) is 0. The van der Waals surface area contributed by atoms with Gasteiger partial charge in [0.1, 0.15) is 0 Å². The first kappa shape index (κ1) is 46.3. The monoisotopic (exact) mass is 946 g/mol. The highest BCUT2D eigenvalue weighted by Gasteiger charge is 2.50. The number of rotatable bonds is 7. The fourth-order valence-corrected chi connectivity index (χ4v) is 11.8. The summed E-state index contributed by atoms with van der Waals surface area (Å²) < 4.78 is 0. The van der Waals surface area contributed by atoms with Crippen LogP contribution in [0.3, 0.4) is 0 Å². The van der Waals surface area contributed by atoms with Gasteiger partial charge in [-0.2, -0.15) is 0 Å². The van der Waals surface area contributed by atoms with E-state index in [0.29, 0.717) is 0 Å². The molecule has 0 aromatic heterocycles. The van der Waals surface area contributed by atoms with Crippen LogP contribution in [0, 0.1) is 0 Å². The second-order valence-electron chi connectivity index (χ2n) is 23.4. The van der Waals surface area contributed by atoms with Gasteiger partial charge >= 0.3 is 0 Å². The number of hydrogen-bond acceptors (Lipinski definition) is 3. The first-order valence-electron chi connectivity index (χ1n) is 26.2. The number of para-hydroxylation sites is 1. The third-order valence-corrected chi connectivity index (χ3v) is 15.6. The highest BCUT2D eigenvalue weighted by molar-refractivity contribution is 7.03. The minimum atomic E-state index is -0.0463. The SMILES string of the molecule is CC(C)(C)c1ccc(-c2cccc(N3C4=C(B5c6ccc(N(c7ccc(C(C)(C)C)cc7)c7ccc(C(C)(C)C)cc7)cc6N(c6ccccc6)c6cccc3c65)c3ccccc3C4c3ccccc3)c2)cc1. The number of anilines is 8. The van der Waals surface area contributed by atoms with E-state index in [1.54, 1.807) is 0 Å². The molecule has 1 unspecified atom stereocenters. The topological polar surface area (TPSA) is 9.72 Å². The first-order valence-corrected chi connectivity index (χ1v) is 26.2. The predicted octanol–water partition coefficient (Wildman–Crippen LogP) is 17.4. The fourth-order valence-electron chi connectivity index (χ4n) is 11.8. The van der Waals surface area contributed by atoms with Crippen molar-refractivity contribution in [3.05, 3.63) is 257 Å². The highest BCUT2D eigenvalue weighted by Crippen LogP contribution is 2.56. The van der Waals surface area contributed by atoms with Crippen LogP contribution in [0.15, 0.2) is 224 Å². The molecule has 0 N–H and O–H groups in total. The molecule has 0 radical (unpaired) electrons. The Morgan fingerprint density at radius 2 is 0.904 bits per heavy atom. The van der Waals surface area contributed by atoms with Crippen LogP contribution in [-0.2, 0) is 16.2 Å². The summed E-state index contributed by atoms with van der Waals surface area (Å²) in [5.74, 6) is 0.0106. The van der Waals surface area contributed by atoms with E-state index in [9.17, 15) is 0 Å². The maximum atomic E-state index is 2.63. The van der Waals surface area contributed by atoms with Gasteiger partial charge in [-0.25, -0.2) is 0 Å². The Morgan fingerprint density at radius 3 is 1.51 bits per heavy atom. The Balaban J connectivity index is 1.11. The molecule has 3 nitrogen and oxygen atoms in total. The Labute approximate surface area is 434 Å². The zero-order valence-corrected chi connectivity index (χ0v) is 43.8. The number of nitrogens with zero attached hydrogens (tertiary/aromatic N) is 3. The fraction of sp³-hybridized carbons (Fsp3) is 0.188. The van der Waals surface area contributed by atoms with E-state index in [4.69, 9.17) is 0 Å². The quantitative estimate of drug-likeness (QED) is 0.147. The van der Waals surface area contributed by atoms with Crippen molar-refractivity contribution in [3.8, 4) is 11.1 Å². The largest absolute Gasteiger partial charge is 0.314 e. The van der Waals surface area contributed by atoms with Gasteiger partial charge in [0, 0.05) is 57.1 Å². The Kier molecular flexibility index (Phi) is 11.1. The standard InChI is InChI=1S/C69H64BN3/c1-67(2,3)49-32-30-46(31-33-49)48-22-18-25-55(44-48)73-61-29-19-28-60-65(61)70(64-58-27-17-16-26-57(58)63(66(64)73)47-20-12-10-13-21-47)59-43-42-56(45-62(59)72(60)52-23-14-11-15-24-52)71(53-38-34-50(35-39-53)68(4,5)6)54-40-36-51(37-41-54)69(7,8)9/h10-45,63H,1-9H3. The maximum Gasteiger partial charge on any atom is 0.252 e. The molecule has 1 aliphatic carbocycles. The molecule has 1 atom stereocenters. The third-order valence-electron chi connectivity index (χ3n) is 15.6. The van der Waals surface area contributed by atoms with Crippen LogP contribution in [0.4, 0.5) is 45.5 Å². The van der Waals surface area contributed by atoms with Gasteiger partial charge in [0.2, 0.25) is 0 Å². The molecule has 0 saturated carbocycles. The third kappa shape index (κ3) is 8.00. The molecule has 2 aliphatic heterocycles. The van der Waals surface area contributed by atoms with Crippen molar-refractivity contribution < 1.29 is 0 Å². The van der Waals surface area contributed by atoms with Crippen molar-refractivity contribution in [1.82, 2.24) is 0 Å². The van der Waals surface area contributed by atoms with E-state index in [1.165, 1.54) is 83.7 Å². The summed E-state index contributed by atoms with van der Waals surface area (Å²) in [6.45, 7) is 20.5. The first-order chi connectivity index (χ1) is 35.1. The second kappa shape index (κ2) is 17.4. The van der Waals surface area contributed by atoms with Crippen molar-refractivity contribution in [3.63, 3.8) is 0 Å². The molecule has 3 aliphatic rings. The molecule has 4 heteroatoms. The van der Waals surface area contributed by atoms with Crippen molar-refractivity contribution in [1.29, 1.82) is 0 Å². The lowest BCUT2D eigenvalue weighted by molar-refractivity contribution is 0.590. The zero-order chi connectivity index (χ0) is 50.4. The van der Waals surface area contributed by atoms with Crippen LogP contribution in [0.1, 0.15) is 102 Å². The molecule has 2 heterocycles. The van der Waals surface area contributed by atoms with Gasteiger partial charge in [-0.1, -0.05) is 208 Å². The Morgan fingerprint density at radius 1 is 0.397 bits per heavy atom. The Bertz CT molecular complexity index is 3500. The molecule has 0 amide bonds. The lowest BCUT2D eigenvalue weighted by atomic mass is 9.32. The minimum absolute atomic E-state index is 0.0106. The van der Waals surface area contributed by atoms with E-state index < -0.39 is 0 Å². The summed E-state index contributed by atoms with van der Waals surface area (Å²) in [5.41, 5.74) is 25.0. The normalized spacial score (nSPS) is 14.9. The van der Waals surface area contributed by atoms with Crippen molar-refractivity contribution in [2.24, 2.45) is 0 Å².